The summed E-state index contributed by atoms with van der Waals surface area (Å²) < 4.78 is 15.8. The van der Waals surface area contributed by atoms with Crippen molar-refractivity contribution in [2.24, 2.45) is 0 Å². The predicted octanol–water partition coefficient (Wildman–Crippen LogP) is 3.34. The van der Waals surface area contributed by atoms with E-state index in [0.29, 0.717) is 24.5 Å². The van der Waals surface area contributed by atoms with Crippen LogP contribution in [-0.2, 0) is 22.4 Å². The van der Waals surface area contributed by atoms with Gasteiger partial charge < -0.3 is 19.5 Å². The Morgan fingerprint density at radius 2 is 1.86 bits per heavy atom. The van der Waals surface area contributed by atoms with Gasteiger partial charge in [-0.2, -0.15) is 0 Å². The number of hydrogen-bond acceptors (Lipinski definition) is 5. The lowest BCUT2D eigenvalue weighted by atomic mass is 10.1. The zero-order valence-corrected chi connectivity index (χ0v) is 16.9. The highest BCUT2D eigenvalue weighted by atomic mass is 16.5. The van der Waals surface area contributed by atoms with Crippen LogP contribution in [-0.4, -0.2) is 39.2 Å². The molecule has 0 fully saturated rings. The molecule has 0 spiro atoms. The molecule has 0 bridgehead atoms. The highest BCUT2D eigenvalue weighted by Gasteiger charge is 2.17. The Morgan fingerprint density at radius 1 is 1.10 bits per heavy atom. The first-order valence-electron chi connectivity index (χ1n) is 9.42. The van der Waals surface area contributed by atoms with E-state index in [-0.39, 0.29) is 18.1 Å². The van der Waals surface area contributed by atoms with Crippen molar-refractivity contribution in [1.82, 2.24) is 5.32 Å². The largest absolute Gasteiger partial charge is 0.493 e. The summed E-state index contributed by atoms with van der Waals surface area (Å²) >= 11 is 0. The van der Waals surface area contributed by atoms with Crippen molar-refractivity contribution in [1.29, 1.82) is 0 Å². The zero-order valence-electron chi connectivity index (χ0n) is 16.9. The topological polar surface area (TPSA) is 73.9 Å². The molecule has 0 aliphatic rings. The van der Waals surface area contributed by atoms with Gasteiger partial charge >= 0.3 is 5.97 Å². The molecule has 0 heterocycles. The minimum atomic E-state index is -0.601. The lowest BCUT2D eigenvalue weighted by Gasteiger charge is -2.14. The molecule has 2 aromatic rings. The third-order valence-electron chi connectivity index (χ3n) is 4.30. The molecule has 154 valence electrons. The molecule has 0 aromatic heterocycles. The SMILES string of the molecule is C=CCc1cc(C(=O)OCC(=O)NCCCc2ccccc2)cc(OC)c1OC. The van der Waals surface area contributed by atoms with Crippen LogP contribution in [0.1, 0.15) is 27.9 Å². The Hall–Kier alpha value is -3.28. The molecule has 0 radical (unpaired) electrons. The van der Waals surface area contributed by atoms with E-state index in [1.807, 2.05) is 30.3 Å². The van der Waals surface area contributed by atoms with Gasteiger partial charge in [-0.25, -0.2) is 4.79 Å². The second-order valence-corrected chi connectivity index (χ2v) is 6.38. The summed E-state index contributed by atoms with van der Waals surface area (Å²) in [5.74, 6) is 0.0261. The van der Waals surface area contributed by atoms with Crippen molar-refractivity contribution in [3.05, 3.63) is 71.8 Å². The molecule has 1 N–H and O–H groups in total. The van der Waals surface area contributed by atoms with Crippen LogP contribution in [0.4, 0.5) is 0 Å². The predicted molar refractivity (Wildman–Crippen MR) is 112 cm³/mol. The fraction of sp³-hybridized carbons (Fsp3) is 0.304. The summed E-state index contributed by atoms with van der Waals surface area (Å²) in [6, 6.07) is 13.2. The number of aryl methyl sites for hydroxylation is 1. The number of ether oxygens (including phenoxy) is 3. The number of rotatable bonds is 11. The lowest BCUT2D eigenvalue weighted by Crippen LogP contribution is -2.29. The van der Waals surface area contributed by atoms with Gasteiger partial charge in [-0.05, 0) is 37.0 Å². The van der Waals surface area contributed by atoms with Crippen LogP contribution in [0.5, 0.6) is 11.5 Å². The van der Waals surface area contributed by atoms with Crippen molar-refractivity contribution < 1.29 is 23.8 Å². The van der Waals surface area contributed by atoms with Crippen LogP contribution in [0.15, 0.2) is 55.1 Å². The minimum Gasteiger partial charge on any atom is -0.493 e. The number of carbonyl (C=O) groups is 2. The summed E-state index contributed by atoms with van der Waals surface area (Å²) in [5.41, 5.74) is 2.26. The van der Waals surface area contributed by atoms with Gasteiger partial charge in [0.2, 0.25) is 0 Å². The summed E-state index contributed by atoms with van der Waals surface area (Å²) in [6.07, 6.45) is 3.89. The zero-order chi connectivity index (χ0) is 21.1. The smallest absolute Gasteiger partial charge is 0.338 e. The van der Waals surface area contributed by atoms with Gasteiger partial charge in [-0.15, -0.1) is 6.58 Å². The Labute approximate surface area is 171 Å². The van der Waals surface area contributed by atoms with E-state index in [1.165, 1.54) is 25.8 Å². The normalized spacial score (nSPS) is 10.1. The van der Waals surface area contributed by atoms with Crippen molar-refractivity contribution in [2.45, 2.75) is 19.3 Å². The third-order valence-corrected chi connectivity index (χ3v) is 4.30. The first-order valence-corrected chi connectivity index (χ1v) is 9.42. The molecule has 0 atom stereocenters. The Bertz CT molecular complexity index is 833. The summed E-state index contributed by atoms with van der Waals surface area (Å²) in [6.45, 7) is 3.89. The van der Waals surface area contributed by atoms with E-state index in [1.54, 1.807) is 12.1 Å². The molecule has 2 aromatic carbocycles. The number of hydrogen-bond donors (Lipinski definition) is 1. The summed E-state index contributed by atoms with van der Waals surface area (Å²) in [7, 11) is 3.03. The monoisotopic (exact) mass is 397 g/mol. The standard InChI is InChI=1S/C23H27NO5/c1-4-9-18-14-19(15-20(27-2)22(18)28-3)23(26)29-16-21(25)24-13-8-12-17-10-6-5-7-11-17/h4-7,10-11,14-15H,1,8-9,12-13,16H2,2-3H3,(H,24,25). The van der Waals surface area contributed by atoms with Crippen LogP contribution in [0, 0.1) is 0 Å². The molecular weight excluding hydrogens is 370 g/mol. The number of benzene rings is 2. The van der Waals surface area contributed by atoms with Crippen molar-refractivity contribution >= 4 is 11.9 Å². The van der Waals surface area contributed by atoms with Gasteiger partial charge in [0.25, 0.3) is 5.91 Å². The molecule has 29 heavy (non-hydrogen) atoms. The van der Waals surface area contributed by atoms with Crippen LogP contribution in [0.25, 0.3) is 0 Å². The molecule has 0 aliphatic carbocycles. The van der Waals surface area contributed by atoms with Gasteiger partial charge in [0.05, 0.1) is 19.8 Å². The number of allylic oxidation sites excluding steroid dienone is 1. The maximum absolute atomic E-state index is 12.4. The van der Waals surface area contributed by atoms with E-state index in [9.17, 15) is 9.59 Å². The van der Waals surface area contributed by atoms with Gasteiger partial charge in [-0.3, -0.25) is 4.79 Å². The molecule has 1 amide bonds. The second-order valence-electron chi connectivity index (χ2n) is 6.38. The Balaban J connectivity index is 1.85. The van der Waals surface area contributed by atoms with Crippen molar-refractivity contribution in [3.8, 4) is 11.5 Å². The lowest BCUT2D eigenvalue weighted by molar-refractivity contribution is -0.124. The average molecular weight is 397 g/mol. The number of esters is 1. The van der Waals surface area contributed by atoms with Crippen LogP contribution in [0.2, 0.25) is 0 Å². The molecular formula is C23H27NO5. The van der Waals surface area contributed by atoms with E-state index in [0.717, 1.165) is 18.4 Å². The van der Waals surface area contributed by atoms with Gasteiger partial charge in [0.1, 0.15) is 0 Å². The van der Waals surface area contributed by atoms with Crippen molar-refractivity contribution in [3.63, 3.8) is 0 Å². The second kappa shape index (κ2) is 11.5. The highest BCUT2D eigenvalue weighted by molar-refractivity contribution is 5.92. The molecule has 0 saturated heterocycles. The summed E-state index contributed by atoms with van der Waals surface area (Å²) in [5, 5.41) is 2.76. The summed E-state index contributed by atoms with van der Waals surface area (Å²) in [4.78, 5) is 24.3. The van der Waals surface area contributed by atoms with Gasteiger partial charge in [0.15, 0.2) is 18.1 Å². The van der Waals surface area contributed by atoms with Crippen molar-refractivity contribution in [2.75, 3.05) is 27.4 Å². The Morgan fingerprint density at radius 3 is 2.52 bits per heavy atom. The Kier molecular flexibility index (Phi) is 8.76. The van der Waals surface area contributed by atoms with Crippen LogP contribution < -0.4 is 14.8 Å². The number of amides is 1. The number of methoxy groups -OCH3 is 2. The number of nitrogens with one attached hydrogen (secondary N) is 1. The number of carbonyl (C=O) groups excluding carboxylic acids is 2. The van der Waals surface area contributed by atoms with Gasteiger partial charge in [0, 0.05) is 12.1 Å². The van der Waals surface area contributed by atoms with E-state index >= 15 is 0 Å². The first kappa shape index (κ1) is 22.0. The molecule has 2 rings (SSSR count). The molecule has 6 nitrogen and oxygen atoms in total. The van der Waals surface area contributed by atoms with Gasteiger partial charge in [-0.1, -0.05) is 36.4 Å². The van der Waals surface area contributed by atoms with E-state index in [2.05, 4.69) is 11.9 Å². The fourth-order valence-electron chi connectivity index (χ4n) is 2.90. The highest BCUT2D eigenvalue weighted by Crippen LogP contribution is 2.33. The molecule has 0 unspecified atom stereocenters. The van der Waals surface area contributed by atoms with E-state index in [4.69, 9.17) is 14.2 Å². The van der Waals surface area contributed by atoms with Crippen LogP contribution >= 0.6 is 0 Å². The molecule has 0 aliphatic heterocycles. The van der Waals surface area contributed by atoms with E-state index < -0.39 is 5.97 Å². The first-order chi connectivity index (χ1) is 14.1. The third kappa shape index (κ3) is 6.68. The fourth-order valence-corrected chi connectivity index (χ4v) is 2.90. The maximum Gasteiger partial charge on any atom is 0.338 e. The quantitative estimate of drug-likeness (QED) is 0.358. The molecule has 0 saturated carbocycles. The maximum atomic E-state index is 12.4. The van der Waals surface area contributed by atoms with Crippen LogP contribution in [0.3, 0.4) is 0 Å². The molecule has 6 heteroatoms. The average Bonchev–Trinajstić information content (AvgIpc) is 2.75. The minimum absolute atomic E-state index is 0.288.